The lowest BCUT2D eigenvalue weighted by Gasteiger charge is -2.43. The molecule has 0 aromatic carbocycles. The second kappa shape index (κ2) is 4.24. The molecule has 0 unspecified atom stereocenters. The zero-order chi connectivity index (χ0) is 9.14. The van der Waals surface area contributed by atoms with Crippen molar-refractivity contribution < 1.29 is 0 Å². The SMILES string of the molecule is CCC1CN(C)C(CC)N(C)C1. The highest BCUT2D eigenvalue weighted by Gasteiger charge is 2.27. The predicted molar refractivity (Wildman–Crippen MR) is 53.1 cm³/mol. The minimum atomic E-state index is 0.674. The van der Waals surface area contributed by atoms with Crippen LogP contribution in [-0.4, -0.2) is 43.2 Å². The van der Waals surface area contributed by atoms with Crippen LogP contribution in [0.15, 0.2) is 0 Å². The summed E-state index contributed by atoms with van der Waals surface area (Å²) in [5, 5.41) is 0. The molecule has 1 aliphatic heterocycles. The van der Waals surface area contributed by atoms with Crippen LogP contribution in [0.4, 0.5) is 0 Å². The van der Waals surface area contributed by atoms with Crippen molar-refractivity contribution in [3.05, 3.63) is 0 Å². The Labute approximate surface area is 76.5 Å². The molecular formula is C10H22N2. The molecule has 1 heterocycles. The maximum absolute atomic E-state index is 2.48. The van der Waals surface area contributed by atoms with Crippen LogP contribution in [0.1, 0.15) is 26.7 Å². The molecule has 2 nitrogen and oxygen atoms in total. The van der Waals surface area contributed by atoms with Crippen molar-refractivity contribution in [3.63, 3.8) is 0 Å². The van der Waals surface area contributed by atoms with E-state index in [-0.39, 0.29) is 0 Å². The van der Waals surface area contributed by atoms with Crippen LogP contribution in [0.25, 0.3) is 0 Å². The fourth-order valence-corrected chi connectivity index (χ4v) is 2.33. The maximum atomic E-state index is 2.48. The molecule has 2 heteroatoms. The lowest BCUT2D eigenvalue weighted by molar-refractivity contribution is 0.00654. The van der Waals surface area contributed by atoms with Crippen LogP contribution in [0.5, 0.6) is 0 Å². The summed E-state index contributed by atoms with van der Waals surface area (Å²) in [5.74, 6) is 0.878. The fraction of sp³-hybridized carbons (Fsp3) is 1.00. The molecule has 1 fully saturated rings. The Balaban J connectivity index is 2.51. The van der Waals surface area contributed by atoms with Gasteiger partial charge >= 0.3 is 0 Å². The normalized spacial score (nSPS) is 34.0. The highest BCUT2D eigenvalue weighted by Crippen LogP contribution is 2.19. The number of hydrogen-bond donors (Lipinski definition) is 0. The van der Waals surface area contributed by atoms with Crippen molar-refractivity contribution in [2.75, 3.05) is 27.2 Å². The van der Waals surface area contributed by atoms with Gasteiger partial charge in [-0.3, -0.25) is 9.80 Å². The van der Waals surface area contributed by atoms with E-state index in [9.17, 15) is 0 Å². The first-order valence-electron chi connectivity index (χ1n) is 5.09. The van der Waals surface area contributed by atoms with E-state index >= 15 is 0 Å². The molecule has 0 bridgehead atoms. The smallest absolute Gasteiger partial charge is 0.0614 e. The van der Waals surface area contributed by atoms with Crippen LogP contribution in [-0.2, 0) is 0 Å². The molecule has 0 atom stereocenters. The molecule has 0 N–H and O–H groups in total. The van der Waals surface area contributed by atoms with E-state index in [0.29, 0.717) is 6.17 Å². The van der Waals surface area contributed by atoms with Crippen molar-refractivity contribution in [2.45, 2.75) is 32.9 Å². The van der Waals surface area contributed by atoms with Gasteiger partial charge in [0.1, 0.15) is 0 Å². The standard InChI is InChI=1S/C10H22N2/c1-5-9-7-11(3)10(6-2)12(4)8-9/h9-10H,5-8H2,1-4H3. The summed E-state index contributed by atoms with van der Waals surface area (Å²) in [6.45, 7) is 7.11. The van der Waals surface area contributed by atoms with Crippen LogP contribution in [0, 0.1) is 5.92 Å². The van der Waals surface area contributed by atoms with E-state index in [2.05, 4.69) is 37.7 Å². The molecule has 0 saturated carbocycles. The minimum Gasteiger partial charge on any atom is -0.291 e. The topological polar surface area (TPSA) is 6.48 Å². The van der Waals surface area contributed by atoms with E-state index in [1.165, 1.54) is 25.9 Å². The van der Waals surface area contributed by atoms with E-state index in [1.54, 1.807) is 0 Å². The van der Waals surface area contributed by atoms with Gasteiger partial charge in [-0.25, -0.2) is 0 Å². The molecule has 0 amide bonds. The van der Waals surface area contributed by atoms with Crippen molar-refractivity contribution in [3.8, 4) is 0 Å². The van der Waals surface area contributed by atoms with Crippen LogP contribution in [0.2, 0.25) is 0 Å². The van der Waals surface area contributed by atoms with Crippen LogP contribution in [0.3, 0.4) is 0 Å². The number of nitrogens with zero attached hydrogens (tertiary/aromatic N) is 2. The molecule has 1 saturated heterocycles. The van der Waals surface area contributed by atoms with Gasteiger partial charge in [0.2, 0.25) is 0 Å². The van der Waals surface area contributed by atoms with E-state index in [4.69, 9.17) is 0 Å². The predicted octanol–water partition coefficient (Wildman–Crippen LogP) is 1.63. The third-order valence-corrected chi connectivity index (χ3v) is 3.05. The van der Waals surface area contributed by atoms with Crippen molar-refractivity contribution >= 4 is 0 Å². The second-order valence-corrected chi connectivity index (χ2v) is 4.04. The average Bonchev–Trinajstić information content (AvgIpc) is 2.03. The Kier molecular flexibility index (Phi) is 3.53. The lowest BCUT2D eigenvalue weighted by Crippen LogP contribution is -2.53. The summed E-state index contributed by atoms with van der Waals surface area (Å²) >= 11 is 0. The molecular weight excluding hydrogens is 148 g/mol. The van der Waals surface area contributed by atoms with Crippen molar-refractivity contribution in [1.29, 1.82) is 0 Å². The Morgan fingerprint density at radius 2 is 1.50 bits per heavy atom. The van der Waals surface area contributed by atoms with Crippen LogP contribution >= 0.6 is 0 Å². The Hall–Kier alpha value is -0.0800. The number of hydrogen-bond acceptors (Lipinski definition) is 2. The van der Waals surface area contributed by atoms with Gasteiger partial charge in [-0.15, -0.1) is 0 Å². The molecule has 1 aliphatic rings. The average molecular weight is 170 g/mol. The quantitative estimate of drug-likeness (QED) is 0.621. The third kappa shape index (κ3) is 1.99. The monoisotopic (exact) mass is 170 g/mol. The van der Waals surface area contributed by atoms with E-state index in [0.717, 1.165) is 5.92 Å². The first-order valence-corrected chi connectivity index (χ1v) is 5.09. The Bertz CT molecular complexity index is 124. The molecule has 72 valence electrons. The molecule has 0 aromatic rings. The maximum Gasteiger partial charge on any atom is 0.0614 e. The van der Waals surface area contributed by atoms with E-state index in [1.807, 2.05) is 0 Å². The van der Waals surface area contributed by atoms with E-state index < -0.39 is 0 Å². The summed E-state index contributed by atoms with van der Waals surface area (Å²) in [4.78, 5) is 4.97. The molecule has 0 radical (unpaired) electrons. The van der Waals surface area contributed by atoms with Gasteiger partial charge in [0.25, 0.3) is 0 Å². The lowest BCUT2D eigenvalue weighted by atomic mass is 10.0. The summed E-state index contributed by atoms with van der Waals surface area (Å²) in [7, 11) is 4.49. The number of rotatable bonds is 2. The van der Waals surface area contributed by atoms with Gasteiger partial charge < -0.3 is 0 Å². The molecule has 1 rings (SSSR count). The Morgan fingerprint density at radius 3 is 1.83 bits per heavy atom. The first kappa shape index (κ1) is 10.0. The summed E-state index contributed by atoms with van der Waals surface area (Å²) in [5.41, 5.74) is 0. The summed E-state index contributed by atoms with van der Waals surface area (Å²) < 4.78 is 0. The van der Waals surface area contributed by atoms with Crippen molar-refractivity contribution in [2.24, 2.45) is 5.92 Å². The first-order chi connectivity index (χ1) is 5.69. The zero-order valence-electron chi connectivity index (χ0n) is 8.88. The molecule has 0 aliphatic carbocycles. The van der Waals surface area contributed by atoms with Gasteiger partial charge in [0.15, 0.2) is 0 Å². The van der Waals surface area contributed by atoms with Gasteiger partial charge in [0, 0.05) is 13.1 Å². The van der Waals surface area contributed by atoms with Gasteiger partial charge in [-0.05, 0) is 26.4 Å². The van der Waals surface area contributed by atoms with Crippen molar-refractivity contribution in [1.82, 2.24) is 9.80 Å². The zero-order valence-corrected chi connectivity index (χ0v) is 8.88. The fourth-order valence-electron chi connectivity index (χ4n) is 2.33. The highest BCUT2D eigenvalue weighted by atomic mass is 15.4. The minimum absolute atomic E-state index is 0.674. The van der Waals surface area contributed by atoms with Crippen LogP contribution < -0.4 is 0 Å². The largest absolute Gasteiger partial charge is 0.291 e. The second-order valence-electron chi connectivity index (χ2n) is 4.04. The molecule has 0 aromatic heterocycles. The third-order valence-electron chi connectivity index (χ3n) is 3.05. The highest BCUT2D eigenvalue weighted by molar-refractivity contribution is 4.78. The summed E-state index contributed by atoms with van der Waals surface area (Å²) in [6.07, 6.45) is 3.22. The molecule has 0 spiro atoms. The van der Waals surface area contributed by atoms with Gasteiger partial charge in [-0.1, -0.05) is 20.3 Å². The Morgan fingerprint density at radius 1 is 1.00 bits per heavy atom. The van der Waals surface area contributed by atoms with Gasteiger partial charge in [0.05, 0.1) is 6.17 Å². The summed E-state index contributed by atoms with van der Waals surface area (Å²) in [6, 6.07) is 0. The van der Waals surface area contributed by atoms with Gasteiger partial charge in [-0.2, -0.15) is 0 Å². The molecule has 12 heavy (non-hydrogen) atoms.